The monoisotopic (exact) mass is 332 g/mol. The van der Waals surface area contributed by atoms with Gasteiger partial charge in [-0.1, -0.05) is 0 Å². The summed E-state index contributed by atoms with van der Waals surface area (Å²) in [6, 6.07) is 2.20. The van der Waals surface area contributed by atoms with E-state index in [1.807, 2.05) is 41.9 Å². The summed E-state index contributed by atoms with van der Waals surface area (Å²) in [5.41, 5.74) is 2.25. The highest BCUT2D eigenvalue weighted by atomic mass is 15.3. The van der Waals surface area contributed by atoms with Crippen LogP contribution in [0.25, 0.3) is 0 Å². The van der Waals surface area contributed by atoms with E-state index in [-0.39, 0.29) is 6.04 Å². The van der Waals surface area contributed by atoms with Gasteiger partial charge in [0, 0.05) is 45.1 Å². The lowest BCUT2D eigenvalue weighted by molar-refractivity contribution is 0.298. The fourth-order valence-corrected chi connectivity index (χ4v) is 2.46. The van der Waals surface area contributed by atoms with E-state index in [1.165, 1.54) is 5.56 Å². The summed E-state index contributed by atoms with van der Waals surface area (Å²) in [5.74, 6) is 0.800. The molecule has 0 aromatic carbocycles. The maximum atomic E-state index is 4.64. The molecule has 0 aliphatic carbocycles. The molecule has 0 radical (unpaired) electrons. The van der Waals surface area contributed by atoms with E-state index in [0.29, 0.717) is 6.54 Å². The summed E-state index contributed by atoms with van der Waals surface area (Å²) in [5, 5.41) is 15.1. The Morgan fingerprint density at radius 1 is 1.29 bits per heavy atom. The van der Waals surface area contributed by atoms with E-state index >= 15 is 0 Å². The molecule has 1 atom stereocenters. The average molecular weight is 332 g/mol. The quantitative estimate of drug-likeness (QED) is 0.571. The predicted molar refractivity (Wildman–Crippen MR) is 95.7 cm³/mol. The van der Waals surface area contributed by atoms with E-state index in [0.717, 1.165) is 24.7 Å². The fourth-order valence-electron chi connectivity index (χ4n) is 2.46. The maximum Gasteiger partial charge on any atom is 0.191 e. The number of rotatable bonds is 7. The van der Waals surface area contributed by atoms with Gasteiger partial charge in [-0.2, -0.15) is 10.2 Å². The fraction of sp³-hybridized carbons (Fsp3) is 0.562. The Balaban J connectivity index is 2.02. The first-order valence-corrected chi connectivity index (χ1v) is 8.15. The first kappa shape index (κ1) is 18.0. The van der Waals surface area contributed by atoms with Crippen LogP contribution in [0.2, 0.25) is 0 Å². The van der Waals surface area contributed by atoms with Crippen molar-refractivity contribution < 1.29 is 0 Å². The van der Waals surface area contributed by atoms with Crippen molar-refractivity contribution in [2.45, 2.75) is 19.5 Å². The standard InChI is InChI=1S/C16H28N8/c1-6-17-16(18-10-14-7-8-20-24(14)5)19-11-15(22(2)3)13-9-21-23(4)12-13/h7-9,12,15H,6,10-11H2,1-5H3,(H2,17,18,19). The minimum Gasteiger partial charge on any atom is -0.357 e. The molecule has 0 saturated heterocycles. The van der Waals surface area contributed by atoms with Crippen molar-refractivity contribution in [1.29, 1.82) is 0 Å². The number of hydrogen-bond donors (Lipinski definition) is 2. The Morgan fingerprint density at radius 3 is 2.62 bits per heavy atom. The van der Waals surface area contributed by atoms with Gasteiger partial charge in [-0.25, -0.2) is 4.99 Å². The van der Waals surface area contributed by atoms with Gasteiger partial charge in [-0.3, -0.25) is 9.36 Å². The second kappa shape index (κ2) is 8.49. The Bertz CT molecular complexity index is 655. The van der Waals surface area contributed by atoms with E-state index in [9.17, 15) is 0 Å². The number of hydrogen-bond acceptors (Lipinski definition) is 4. The SMILES string of the molecule is CCNC(=NCc1ccnn1C)NCC(c1cnn(C)c1)N(C)C. The number of nitrogens with one attached hydrogen (secondary N) is 2. The molecule has 0 amide bonds. The third kappa shape index (κ3) is 4.82. The summed E-state index contributed by atoms with van der Waals surface area (Å²) in [4.78, 5) is 6.82. The molecule has 2 rings (SSSR count). The molecule has 0 fully saturated rings. The van der Waals surface area contributed by atoms with E-state index in [2.05, 4.69) is 51.7 Å². The molecular formula is C16H28N8. The molecule has 2 aromatic rings. The van der Waals surface area contributed by atoms with Gasteiger partial charge in [-0.15, -0.1) is 0 Å². The minimum absolute atomic E-state index is 0.222. The number of nitrogens with zero attached hydrogens (tertiary/aromatic N) is 6. The van der Waals surface area contributed by atoms with Crippen LogP contribution >= 0.6 is 0 Å². The molecule has 0 saturated carbocycles. The third-order valence-corrected chi connectivity index (χ3v) is 3.86. The molecule has 1 unspecified atom stereocenters. The van der Waals surface area contributed by atoms with Crippen LogP contribution in [0.5, 0.6) is 0 Å². The summed E-state index contributed by atoms with van der Waals surface area (Å²) < 4.78 is 3.67. The van der Waals surface area contributed by atoms with Crippen LogP contribution in [0.15, 0.2) is 29.6 Å². The van der Waals surface area contributed by atoms with Crippen molar-refractivity contribution in [2.75, 3.05) is 27.2 Å². The molecule has 2 aromatic heterocycles. The van der Waals surface area contributed by atoms with Gasteiger partial charge in [0.25, 0.3) is 0 Å². The molecule has 2 N–H and O–H groups in total. The molecule has 0 aliphatic heterocycles. The lowest BCUT2D eigenvalue weighted by atomic mass is 10.1. The van der Waals surface area contributed by atoms with Crippen molar-refractivity contribution in [1.82, 2.24) is 35.1 Å². The Labute approximate surface area is 143 Å². The van der Waals surface area contributed by atoms with Crippen LogP contribution in [-0.2, 0) is 20.6 Å². The topological polar surface area (TPSA) is 75.3 Å². The van der Waals surface area contributed by atoms with Crippen LogP contribution in [0, 0.1) is 0 Å². The van der Waals surface area contributed by atoms with Crippen LogP contribution in [0.3, 0.4) is 0 Å². The normalized spacial score (nSPS) is 13.3. The number of likely N-dealkylation sites (N-methyl/N-ethyl adjacent to an activating group) is 1. The van der Waals surface area contributed by atoms with E-state index in [1.54, 1.807) is 6.20 Å². The average Bonchev–Trinajstić information content (AvgIpc) is 3.13. The smallest absolute Gasteiger partial charge is 0.191 e. The van der Waals surface area contributed by atoms with Crippen LogP contribution < -0.4 is 10.6 Å². The van der Waals surface area contributed by atoms with Crippen molar-refractivity contribution in [3.8, 4) is 0 Å². The zero-order valence-electron chi connectivity index (χ0n) is 15.2. The minimum atomic E-state index is 0.222. The number of aliphatic imine (C=N–C) groups is 1. The molecule has 0 aliphatic rings. The van der Waals surface area contributed by atoms with Crippen LogP contribution in [0.1, 0.15) is 24.2 Å². The highest BCUT2D eigenvalue weighted by molar-refractivity contribution is 5.79. The van der Waals surface area contributed by atoms with Crippen LogP contribution in [-0.4, -0.2) is 57.6 Å². The molecule has 132 valence electrons. The molecule has 24 heavy (non-hydrogen) atoms. The predicted octanol–water partition coefficient (Wildman–Crippen LogP) is 0.512. The molecule has 2 heterocycles. The van der Waals surface area contributed by atoms with Crippen molar-refractivity contribution in [3.63, 3.8) is 0 Å². The summed E-state index contributed by atoms with van der Waals surface area (Å²) >= 11 is 0. The van der Waals surface area contributed by atoms with Gasteiger partial charge in [0.05, 0.1) is 24.5 Å². The van der Waals surface area contributed by atoms with Gasteiger partial charge in [0.15, 0.2) is 5.96 Å². The lowest BCUT2D eigenvalue weighted by Gasteiger charge is -2.24. The summed E-state index contributed by atoms with van der Waals surface area (Å²) in [6.45, 7) is 4.21. The second-order valence-electron chi connectivity index (χ2n) is 5.95. The molecule has 0 bridgehead atoms. The Hall–Kier alpha value is -2.35. The number of aromatic nitrogens is 4. The third-order valence-electron chi connectivity index (χ3n) is 3.86. The van der Waals surface area contributed by atoms with E-state index < -0.39 is 0 Å². The largest absolute Gasteiger partial charge is 0.357 e. The first-order valence-electron chi connectivity index (χ1n) is 8.15. The van der Waals surface area contributed by atoms with Gasteiger partial charge >= 0.3 is 0 Å². The molecule has 8 heteroatoms. The van der Waals surface area contributed by atoms with E-state index in [4.69, 9.17) is 0 Å². The zero-order valence-corrected chi connectivity index (χ0v) is 15.2. The highest BCUT2D eigenvalue weighted by Gasteiger charge is 2.16. The number of guanidine groups is 1. The second-order valence-corrected chi connectivity index (χ2v) is 5.95. The number of aryl methyl sites for hydroxylation is 2. The lowest BCUT2D eigenvalue weighted by Crippen LogP contribution is -2.41. The zero-order chi connectivity index (χ0) is 17.5. The maximum absolute atomic E-state index is 4.64. The highest BCUT2D eigenvalue weighted by Crippen LogP contribution is 2.16. The molecular weight excluding hydrogens is 304 g/mol. The van der Waals surface area contributed by atoms with Crippen LogP contribution in [0.4, 0.5) is 0 Å². The summed E-state index contributed by atoms with van der Waals surface area (Å²) in [6.07, 6.45) is 5.74. The van der Waals surface area contributed by atoms with Gasteiger partial charge in [0.1, 0.15) is 0 Å². The van der Waals surface area contributed by atoms with Gasteiger partial charge < -0.3 is 15.5 Å². The molecule has 8 nitrogen and oxygen atoms in total. The van der Waals surface area contributed by atoms with Gasteiger partial charge in [0.2, 0.25) is 0 Å². The van der Waals surface area contributed by atoms with Crippen molar-refractivity contribution in [2.24, 2.45) is 19.1 Å². The van der Waals surface area contributed by atoms with Gasteiger partial charge in [-0.05, 0) is 27.1 Å². The Kier molecular flexibility index (Phi) is 6.36. The molecule has 0 spiro atoms. The Morgan fingerprint density at radius 2 is 2.08 bits per heavy atom. The van der Waals surface area contributed by atoms with Crippen molar-refractivity contribution >= 4 is 5.96 Å². The van der Waals surface area contributed by atoms with Crippen molar-refractivity contribution in [3.05, 3.63) is 35.9 Å². The summed E-state index contributed by atoms with van der Waals surface area (Å²) in [7, 11) is 8.00. The first-order chi connectivity index (χ1) is 11.5.